The van der Waals surface area contributed by atoms with Gasteiger partial charge in [-0.15, -0.1) is 0 Å². The number of carbonyl (C=O) groups is 1. The predicted octanol–water partition coefficient (Wildman–Crippen LogP) is 2.98. The van der Waals surface area contributed by atoms with Gasteiger partial charge in [-0.25, -0.2) is 18.4 Å². The van der Waals surface area contributed by atoms with Gasteiger partial charge in [0.15, 0.2) is 9.84 Å². The van der Waals surface area contributed by atoms with Gasteiger partial charge < -0.3 is 0 Å². The summed E-state index contributed by atoms with van der Waals surface area (Å²) in [5, 5.41) is -0.893. The average molecular weight is 419 g/mol. The van der Waals surface area contributed by atoms with E-state index in [1.807, 2.05) is 0 Å². The number of alkyl halides is 3. The van der Waals surface area contributed by atoms with Gasteiger partial charge in [0.1, 0.15) is 29.1 Å². The highest BCUT2D eigenvalue weighted by Gasteiger charge is 2.33. The second kappa shape index (κ2) is 6.57. The number of pyridine rings is 1. The zero-order chi connectivity index (χ0) is 20.0. The second-order valence-electron chi connectivity index (χ2n) is 5.41. The standard InChI is InChI=1S/C15H10ClF3N4O3S/c1-2-27(25,26)10-3-8(14(16)24)5-20-13(10)9-6-23-7-21-11(15(17,18)19)4-12(23)22-9/h3-7H,2H2,1H3. The largest absolute Gasteiger partial charge is 0.433 e. The highest BCUT2D eigenvalue weighted by molar-refractivity contribution is 7.91. The molecule has 0 amide bonds. The molecule has 0 saturated heterocycles. The Morgan fingerprint density at radius 1 is 1.26 bits per heavy atom. The summed E-state index contributed by atoms with van der Waals surface area (Å²) in [6, 6.07) is 1.80. The molecule has 0 fully saturated rings. The molecule has 0 unspecified atom stereocenters. The van der Waals surface area contributed by atoms with Gasteiger partial charge in [0.2, 0.25) is 0 Å². The van der Waals surface area contributed by atoms with Crippen LogP contribution in [0.3, 0.4) is 0 Å². The number of aromatic nitrogens is 4. The summed E-state index contributed by atoms with van der Waals surface area (Å²) in [6.45, 7) is 1.40. The fraction of sp³-hybridized carbons (Fsp3) is 0.200. The lowest BCUT2D eigenvalue weighted by Crippen LogP contribution is -2.08. The smallest absolute Gasteiger partial charge is 0.290 e. The summed E-state index contributed by atoms with van der Waals surface area (Å²) >= 11 is 5.38. The van der Waals surface area contributed by atoms with Crippen LogP contribution in [-0.4, -0.2) is 38.8 Å². The Morgan fingerprint density at radius 2 is 1.96 bits per heavy atom. The normalized spacial score (nSPS) is 12.5. The Hall–Kier alpha value is -2.53. The fourth-order valence-electron chi connectivity index (χ4n) is 2.30. The number of fused-ring (bicyclic) bond motifs is 1. The minimum absolute atomic E-state index is 0.0109. The van der Waals surface area contributed by atoms with Crippen molar-refractivity contribution >= 4 is 32.3 Å². The average Bonchev–Trinajstić information content (AvgIpc) is 3.03. The number of rotatable bonds is 4. The highest BCUT2D eigenvalue weighted by atomic mass is 35.5. The van der Waals surface area contributed by atoms with Gasteiger partial charge in [-0.2, -0.15) is 13.2 Å². The van der Waals surface area contributed by atoms with E-state index in [1.54, 1.807) is 0 Å². The third kappa shape index (κ3) is 3.65. The van der Waals surface area contributed by atoms with Crippen LogP contribution in [0.4, 0.5) is 13.2 Å². The van der Waals surface area contributed by atoms with E-state index in [0.717, 1.165) is 24.7 Å². The van der Waals surface area contributed by atoms with Crippen LogP contribution < -0.4 is 0 Å². The molecule has 0 saturated carbocycles. The maximum absolute atomic E-state index is 12.8. The quantitative estimate of drug-likeness (QED) is 0.604. The van der Waals surface area contributed by atoms with Crippen molar-refractivity contribution in [2.45, 2.75) is 18.0 Å². The Morgan fingerprint density at radius 3 is 2.56 bits per heavy atom. The van der Waals surface area contributed by atoms with Crippen molar-refractivity contribution in [1.29, 1.82) is 0 Å². The number of sulfone groups is 1. The molecular formula is C15H10ClF3N4O3S. The maximum atomic E-state index is 12.8. The molecule has 0 N–H and O–H groups in total. The molecule has 3 aromatic rings. The summed E-state index contributed by atoms with van der Waals surface area (Å²) in [5.74, 6) is -0.283. The Balaban J connectivity index is 2.22. The maximum Gasteiger partial charge on any atom is 0.433 e. The van der Waals surface area contributed by atoms with Gasteiger partial charge in [-0.3, -0.25) is 14.2 Å². The van der Waals surface area contributed by atoms with E-state index < -0.39 is 26.9 Å². The summed E-state index contributed by atoms with van der Waals surface area (Å²) in [4.78, 5) is 22.3. The first-order valence-electron chi connectivity index (χ1n) is 7.38. The summed E-state index contributed by atoms with van der Waals surface area (Å²) in [6.07, 6.45) is -1.37. The first kappa shape index (κ1) is 19.2. The molecule has 0 bridgehead atoms. The van der Waals surface area contributed by atoms with Crippen LogP contribution >= 0.6 is 11.6 Å². The van der Waals surface area contributed by atoms with Gasteiger partial charge >= 0.3 is 6.18 Å². The number of carbonyl (C=O) groups excluding carboxylic acids is 1. The van der Waals surface area contributed by atoms with E-state index in [9.17, 15) is 26.4 Å². The van der Waals surface area contributed by atoms with E-state index in [1.165, 1.54) is 17.5 Å². The predicted molar refractivity (Wildman–Crippen MR) is 89.1 cm³/mol. The molecular weight excluding hydrogens is 409 g/mol. The first-order valence-corrected chi connectivity index (χ1v) is 9.41. The van der Waals surface area contributed by atoms with E-state index >= 15 is 0 Å². The number of hydrogen-bond donors (Lipinski definition) is 0. The molecule has 0 radical (unpaired) electrons. The lowest BCUT2D eigenvalue weighted by atomic mass is 10.2. The van der Waals surface area contributed by atoms with Gasteiger partial charge in [0, 0.05) is 18.5 Å². The summed E-state index contributed by atoms with van der Waals surface area (Å²) < 4.78 is 64.4. The third-order valence-electron chi connectivity index (χ3n) is 3.68. The number of imidazole rings is 1. The van der Waals surface area contributed by atoms with E-state index in [2.05, 4.69) is 15.0 Å². The number of hydrogen-bond acceptors (Lipinski definition) is 6. The van der Waals surface area contributed by atoms with Gasteiger partial charge in [0.05, 0.1) is 16.2 Å². The zero-order valence-electron chi connectivity index (χ0n) is 13.5. The van der Waals surface area contributed by atoms with Crippen molar-refractivity contribution in [3.05, 3.63) is 42.1 Å². The summed E-state index contributed by atoms with van der Waals surface area (Å²) in [5.41, 5.74) is -1.44. The van der Waals surface area contributed by atoms with Crippen LogP contribution in [0, 0.1) is 0 Å². The van der Waals surface area contributed by atoms with E-state index in [-0.39, 0.29) is 33.2 Å². The molecule has 0 aliphatic heterocycles. The molecule has 12 heteroatoms. The van der Waals surface area contributed by atoms with Crippen molar-refractivity contribution < 1.29 is 26.4 Å². The van der Waals surface area contributed by atoms with Crippen molar-refractivity contribution in [3.63, 3.8) is 0 Å². The minimum atomic E-state index is -4.65. The SMILES string of the molecule is CCS(=O)(=O)c1cc(C(=O)Cl)cnc1-c1cn2cnc(C(F)(F)F)cc2n1. The van der Waals surface area contributed by atoms with Crippen molar-refractivity contribution in [2.24, 2.45) is 0 Å². The fourth-order valence-corrected chi connectivity index (χ4v) is 3.47. The van der Waals surface area contributed by atoms with Gasteiger partial charge in [-0.05, 0) is 17.7 Å². The molecule has 0 aliphatic rings. The van der Waals surface area contributed by atoms with Crippen LogP contribution in [0.5, 0.6) is 0 Å². The molecule has 27 heavy (non-hydrogen) atoms. The number of halogens is 4. The highest BCUT2D eigenvalue weighted by Crippen LogP contribution is 2.30. The first-order chi connectivity index (χ1) is 12.5. The minimum Gasteiger partial charge on any atom is -0.290 e. The van der Waals surface area contributed by atoms with Crippen LogP contribution in [0.25, 0.3) is 17.0 Å². The Labute approximate surface area is 155 Å². The topological polar surface area (TPSA) is 94.3 Å². The molecule has 0 aliphatic carbocycles. The third-order valence-corrected chi connectivity index (χ3v) is 5.64. The van der Waals surface area contributed by atoms with Crippen LogP contribution in [0.15, 0.2) is 35.7 Å². The molecule has 142 valence electrons. The molecule has 0 aromatic carbocycles. The lowest BCUT2D eigenvalue weighted by Gasteiger charge is -2.07. The lowest BCUT2D eigenvalue weighted by molar-refractivity contribution is -0.141. The van der Waals surface area contributed by atoms with Crippen molar-refractivity contribution in [3.8, 4) is 11.4 Å². The van der Waals surface area contributed by atoms with Crippen LogP contribution in [0.2, 0.25) is 0 Å². The Kier molecular flexibility index (Phi) is 4.68. The summed E-state index contributed by atoms with van der Waals surface area (Å²) in [7, 11) is -3.82. The zero-order valence-corrected chi connectivity index (χ0v) is 15.1. The van der Waals surface area contributed by atoms with Crippen molar-refractivity contribution in [1.82, 2.24) is 19.4 Å². The van der Waals surface area contributed by atoms with Crippen LogP contribution in [-0.2, 0) is 16.0 Å². The molecule has 7 nitrogen and oxygen atoms in total. The number of nitrogens with zero attached hydrogens (tertiary/aromatic N) is 4. The molecule has 0 atom stereocenters. The van der Waals surface area contributed by atoms with Gasteiger partial charge in [-0.1, -0.05) is 6.92 Å². The van der Waals surface area contributed by atoms with E-state index in [4.69, 9.17) is 11.6 Å². The molecule has 0 spiro atoms. The van der Waals surface area contributed by atoms with Crippen LogP contribution in [0.1, 0.15) is 23.0 Å². The second-order valence-corrected chi connectivity index (χ2v) is 8.00. The molecule has 3 rings (SSSR count). The van der Waals surface area contributed by atoms with Gasteiger partial charge in [0.25, 0.3) is 5.24 Å². The molecule has 3 aromatic heterocycles. The Bertz CT molecular complexity index is 1160. The molecule has 3 heterocycles. The van der Waals surface area contributed by atoms with E-state index in [0.29, 0.717) is 0 Å². The monoisotopic (exact) mass is 418 g/mol. The van der Waals surface area contributed by atoms with Crippen molar-refractivity contribution in [2.75, 3.05) is 5.75 Å².